The third-order valence-corrected chi connectivity index (χ3v) is 3.47. The number of amides is 1. The molecule has 2 bridgehead atoms. The van der Waals surface area contributed by atoms with Crippen LogP contribution in [0.3, 0.4) is 0 Å². The second-order valence-corrected chi connectivity index (χ2v) is 4.14. The third-order valence-electron chi connectivity index (χ3n) is 3.47. The number of methoxy groups -OCH3 is 1. The summed E-state index contributed by atoms with van der Waals surface area (Å²) in [5.41, 5.74) is 0. The third kappa shape index (κ3) is 1.41. The average molecular weight is 195 g/mol. The Hall–Kier alpha value is -0.990. The van der Waals surface area contributed by atoms with Crippen molar-refractivity contribution in [1.82, 2.24) is 4.90 Å². The van der Waals surface area contributed by atoms with Gasteiger partial charge in [-0.25, -0.2) is 4.79 Å². The van der Waals surface area contributed by atoms with Gasteiger partial charge in [0.25, 0.3) is 0 Å². The Bertz CT molecular complexity index is 262. The van der Waals surface area contributed by atoms with Crippen LogP contribution in [0, 0.1) is 11.8 Å². The van der Waals surface area contributed by atoms with Crippen LogP contribution in [-0.4, -0.2) is 30.7 Å². The molecule has 0 aromatic carbocycles. The van der Waals surface area contributed by atoms with Gasteiger partial charge in [0.2, 0.25) is 0 Å². The van der Waals surface area contributed by atoms with Gasteiger partial charge in [-0.05, 0) is 18.3 Å². The minimum absolute atomic E-state index is 0.182. The molecular weight excluding hydrogens is 178 g/mol. The van der Waals surface area contributed by atoms with Crippen LogP contribution in [0.4, 0.5) is 4.79 Å². The highest BCUT2D eigenvalue weighted by atomic mass is 16.5. The highest BCUT2D eigenvalue weighted by Crippen LogP contribution is 2.36. The van der Waals surface area contributed by atoms with Gasteiger partial charge in [-0.3, -0.25) is 0 Å². The lowest BCUT2D eigenvalue weighted by Gasteiger charge is -2.44. The Morgan fingerprint density at radius 1 is 1.57 bits per heavy atom. The molecule has 0 N–H and O–H groups in total. The van der Waals surface area contributed by atoms with Crippen molar-refractivity contribution in [2.75, 3.05) is 13.7 Å². The Labute approximate surface area is 84.7 Å². The van der Waals surface area contributed by atoms with Gasteiger partial charge < -0.3 is 9.64 Å². The van der Waals surface area contributed by atoms with Gasteiger partial charge in [-0.2, -0.15) is 0 Å². The molecule has 2 aliphatic heterocycles. The number of ether oxygens (including phenoxy) is 1. The van der Waals surface area contributed by atoms with Gasteiger partial charge in [-0.15, -0.1) is 0 Å². The molecule has 2 unspecified atom stereocenters. The number of carbonyl (C=O) groups is 1. The molecule has 1 fully saturated rings. The van der Waals surface area contributed by atoms with Crippen molar-refractivity contribution in [3.63, 3.8) is 0 Å². The number of fused-ring (bicyclic) bond motifs is 2. The van der Waals surface area contributed by atoms with Crippen molar-refractivity contribution in [3.8, 4) is 0 Å². The van der Waals surface area contributed by atoms with E-state index >= 15 is 0 Å². The highest BCUT2D eigenvalue weighted by Gasteiger charge is 2.38. The first-order valence-corrected chi connectivity index (χ1v) is 5.29. The number of hydrogen-bond donors (Lipinski definition) is 0. The number of nitrogens with zero attached hydrogens (tertiary/aromatic N) is 1. The van der Waals surface area contributed by atoms with E-state index in [0.29, 0.717) is 5.92 Å². The zero-order valence-electron chi connectivity index (χ0n) is 8.77. The van der Waals surface area contributed by atoms with E-state index in [9.17, 15) is 4.79 Å². The lowest BCUT2D eigenvalue weighted by atomic mass is 9.76. The molecule has 0 aromatic rings. The predicted molar refractivity (Wildman–Crippen MR) is 53.9 cm³/mol. The second kappa shape index (κ2) is 3.64. The number of piperidine rings is 1. The standard InChI is InChI=1S/C11H17NO2/c1-3-8-6-10-5-4-9(8)7-12(10)11(13)14-2/h4-5,8-10H,3,6-7H2,1-2H3/t8-,9?,10?/m1/s1. The van der Waals surface area contributed by atoms with Crippen molar-refractivity contribution >= 4 is 6.09 Å². The average Bonchev–Trinajstić information content (AvgIpc) is 2.28. The van der Waals surface area contributed by atoms with E-state index in [2.05, 4.69) is 19.1 Å². The largest absolute Gasteiger partial charge is 0.453 e. The molecule has 0 radical (unpaired) electrons. The Morgan fingerprint density at radius 2 is 2.36 bits per heavy atom. The Morgan fingerprint density at radius 3 is 2.86 bits per heavy atom. The van der Waals surface area contributed by atoms with Crippen LogP contribution in [-0.2, 0) is 4.74 Å². The minimum Gasteiger partial charge on any atom is -0.453 e. The molecule has 3 heteroatoms. The first-order valence-electron chi connectivity index (χ1n) is 5.29. The van der Waals surface area contributed by atoms with E-state index in [1.54, 1.807) is 0 Å². The smallest absolute Gasteiger partial charge is 0.409 e. The van der Waals surface area contributed by atoms with Gasteiger partial charge in [0.1, 0.15) is 0 Å². The predicted octanol–water partition coefficient (Wildman–Crippen LogP) is 2.04. The van der Waals surface area contributed by atoms with Crippen LogP contribution in [0.15, 0.2) is 12.2 Å². The summed E-state index contributed by atoms with van der Waals surface area (Å²) in [5.74, 6) is 1.30. The lowest BCUT2D eigenvalue weighted by Crippen LogP contribution is -2.51. The molecule has 1 aliphatic carbocycles. The molecule has 78 valence electrons. The summed E-state index contributed by atoms with van der Waals surface area (Å²) in [6, 6.07) is 0.275. The molecule has 3 nitrogen and oxygen atoms in total. The van der Waals surface area contributed by atoms with E-state index < -0.39 is 0 Å². The summed E-state index contributed by atoms with van der Waals surface area (Å²) in [6.07, 6.45) is 6.55. The van der Waals surface area contributed by atoms with Gasteiger partial charge in [0.15, 0.2) is 0 Å². The van der Waals surface area contributed by atoms with Gasteiger partial charge in [0, 0.05) is 6.54 Å². The van der Waals surface area contributed by atoms with Crippen LogP contribution in [0.2, 0.25) is 0 Å². The summed E-state index contributed by atoms with van der Waals surface area (Å²) in [4.78, 5) is 13.3. The van der Waals surface area contributed by atoms with Crippen LogP contribution in [0.1, 0.15) is 19.8 Å². The summed E-state index contributed by atoms with van der Waals surface area (Å²) in [7, 11) is 1.45. The topological polar surface area (TPSA) is 29.5 Å². The summed E-state index contributed by atoms with van der Waals surface area (Å²) in [6.45, 7) is 3.06. The summed E-state index contributed by atoms with van der Waals surface area (Å²) in [5, 5.41) is 0. The molecule has 2 heterocycles. The summed E-state index contributed by atoms with van der Waals surface area (Å²) >= 11 is 0. The molecule has 3 aliphatic rings. The zero-order valence-corrected chi connectivity index (χ0v) is 8.77. The van der Waals surface area contributed by atoms with Crippen LogP contribution in [0.25, 0.3) is 0 Å². The number of hydrogen-bond acceptors (Lipinski definition) is 2. The number of rotatable bonds is 1. The van der Waals surface area contributed by atoms with E-state index in [-0.39, 0.29) is 12.1 Å². The fourth-order valence-corrected chi connectivity index (χ4v) is 2.59. The maximum atomic E-state index is 11.4. The molecule has 0 saturated carbocycles. The monoisotopic (exact) mass is 195 g/mol. The van der Waals surface area contributed by atoms with Crippen molar-refractivity contribution in [3.05, 3.63) is 12.2 Å². The van der Waals surface area contributed by atoms with Gasteiger partial charge >= 0.3 is 6.09 Å². The van der Waals surface area contributed by atoms with E-state index in [4.69, 9.17) is 4.74 Å². The molecular formula is C11H17NO2. The fourth-order valence-electron chi connectivity index (χ4n) is 2.59. The van der Waals surface area contributed by atoms with Crippen molar-refractivity contribution in [1.29, 1.82) is 0 Å². The van der Waals surface area contributed by atoms with E-state index in [1.807, 2.05) is 4.90 Å². The van der Waals surface area contributed by atoms with Crippen LogP contribution in [0.5, 0.6) is 0 Å². The number of carbonyl (C=O) groups excluding carboxylic acids is 1. The van der Waals surface area contributed by atoms with E-state index in [0.717, 1.165) is 18.9 Å². The highest BCUT2D eigenvalue weighted by molar-refractivity contribution is 5.68. The van der Waals surface area contributed by atoms with Gasteiger partial charge in [0.05, 0.1) is 13.2 Å². The molecule has 0 aromatic heterocycles. The van der Waals surface area contributed by atoms with E-state index in [1.165, 1.54) is 13.5 Å². The normalized spacial score (nSPS) is 34.7. The minimum atomic E-state index is -0.182. The molecule has 14 heavy (non-hydrogen) atoms. The van der Waals surface area contributed by atoms with Crippen molar-refractivity contribution in [2.45, 2.75) is 25.8 Å². The lowest BCUT2D eigenvalue weighted by molar-refractivity contribution is 0.0645. The Balaban J connectivity index is 2.10. The van der Waals surface area contributed by atoms with Crippen molar-refractivity contribution < 1.29 is 9.53 Å². The molecule has 1 amide bonds. The first kappa shape index (κ1) is 9.56. The fraction of sp³-hybridized carbons (Fsp3) is 0.727. The van der Waals surface area contributed by atoms with Gasteiger partial charge in [-0.1, -0.05) is 25.5 Å². The zero-order chi connectivity index (χ0) is 10.1. The molecule has 3 atom stereocenters. The second-order valence-electron chi connectivity index (χ2n) is 4.14. The maximum Gasteiger partial charge on any atom is 0.409 e. The first-order chi connectivity index (χ1) is 6.76. The molecule has 0 spiro atoms. The maximum absolute atomic E-state index is 11.4. The van der Waals surface area contributed by atoms with Crippen LogP contribution >= 0.6 is 0 Å². The quantitative estimate of drug-likeness (QED) is 0.599. The molecule has 3 rings (SSSR count). The Kier molecular flexibility index (Phi) is 2.48. The SMILES string of the molecule is CC[C@@H]1CC2C=CC1CN2C(=O)OC. The molecule has 1 saturated heterocycles. The van der Waals surface area contributed by atoms with Crippen LogP contribution < -0.4 is 0 Å². The van der Waals surface area contributed by atoms with Crippen molar-refractivity contribution in [2.24, 2.45) is 11.8 Å². The summed E-state index contributed by atoms with van der Waals surface area (Å²) < 4.78 is 4.76.